The van der Waals surface area contributed by atoms with E-state index in [1.165, 1.54) is 16.7 Å². The number of amidine groups is 1. The topological polar surface area (TPSA) is 140 Å². The Kier molecular flexibility index (Phi) is 6.49. The number of rotatable bonds is 6. The highest BCUT2D eigenvalue weighted by Gasteiger charge is 2.60. The maximum absolute atomic E-state index is 13.2. The van der Waals surface area contributed by atoms with Crippen molar-refractivity contribution in [3.63, 3.8) is 0 Å². The second-order valence-corrected chi connectivity index (χ2v) is 11.0. The molecule has 6 unspecified atom stereocenters. The van der Waals surface area contributed by atoms with Crippen molar-refractivity contribution < 1.29 is 24.6 Å². The summed E-state index contributed by atoms with van der Waals surface area (Å²) in [6.45, 7) is 7.13. The molecule has 4 N–H and O–H groups in total. The second kappa shape index (κ2) is 8.92. The quantitative estimate of drug-likeness (QED) is 0.273. The molecule has 0 aromatic rings. The molecule has 0 aromatic carbocycles. The summed E-state index contributed by atoms with van der Waals surface area (Å²) in [5.74, 6) is -1.59. The zero-order chi connectivity index (χ0) is 24.2. The van der Waals surface area contributed by atoms with Crippen molar-refractivity contribution in [1.82, 2.24) is 14.7 Å². The molecule has 10 nitrogen and oxygen atoms in total. The Balaban J connectivity index is 1.45. The van der Waals surface area contributed by atoms with Gasteiger partial charge in [-0.3, -0.25) is 19.5 Å². The van der Waals surface area contributed by atoms with Crippen molar-refractivity contribution >= 4 is 35.4 Å². The van der Waals surface area contributed by atoms with Gasteiger partial charge in [-0.15, -0.1) is 11.8 Å². The average Bonchev–Trinajstić information content (AvgIpc) is 3.37. The van der Waals surface area contributed by atoms with E-state index in [1.54, 1.807) is 13.8 Å². The number of aliphatic carboxylic acids is 1. The molecule has 0 spiro atoms. The van der Waals surface area contributed by atoms with Gasteiger partial charge in [0.25, 0.3) is 0 Å². The number of carbonyl (C=O) groups is 3. The number of aliphatic hydroxyl groups is 1. The molecule has 3 saturated heterocycles. The van der Waals surface area contributed by atoms with Crippen LogP contribution in [0, 0.1) is 11.8 Å². The van der Waals surface area contributed by atoms with Gasteiger partial charge in [0.1, 0.15) is 5.70 Å². The zero-order valence-corrected chi connectivity index (χ0v) is 20.3. The van der Waals surface area contributed by atoms with Gasteiger partial charge < -0.3 is 25.7 Å². The number of nitrogens with two attached hydrogens (primary N) is 1. The molecular weight excluding hydrogens is 446 g/mol. The number of hydrogen-bond acceptors (Lipinski definition) is 7. The average molecular weight is 480 g/mol. The van der Waals surface area contributed by atoms with Gasteiger partial charge in [0.05, 0.1) is 36.0 Å². The van der Waals surface area contributed by atoms with E-state index in [-0.39, 0.29) is 46.8 Å². The number of carboxylic acid groups (broad SMARTS) is 1. The highest BCUT2D eigenvalue weighted by molar-refractivity contribution is 8.03. The molecule has 3 fully saturated rings. The van der Waals surface area contributed by atoms with Gasteiger partial charge in [-0.25, -0.2) is 4.79 Å². The number of thioether (sulfide) groups is 1. The van der Waals surface area contributed by atoms with Crippen molar-refractivity contribution in [1.29, 1.82) is 0 Å². The molecule has 0 saturated carbocycles. The smallest absolute Gasteiger partial charge is 0.353 e. The summed E-state index contributed by atoms with van der Waals surface area (Å²) in [6.07, 6.45) is 0.593. The number of fused-ring (bicyclic) bond motifs is 1. The van der Waals surface area contributed by atoms with Crippen LogP contribution in [0.2, 0.25) is 0 Å². The highest BCUT2D eigenvalue weighted by atomic mass is 32.2. The maximum Gasteiger partial charge on any atom is 0.353 e. The predicted octanol–water partition coefficient (Wildman–Crippen LogP) is -0.0760. The summed E-state index contributed by atoms with van der Waals surface area (Å²) in [7, 11) is 1.92. The van der Waals surface area contributed by atoms with Gasteiger partial charge in [0.2, 0.25) is 11.8 Å². The van der Waals surface area contributed by atoms with Crippen LogP contribution in [0.3, 0.4) is 0 Å². The van der Waals surface area contributed by atoms with Gasteiger partial charge in [-0.1, -0.05) is 6.92 Å². The van der Waals surface area contributed by atoms with Crippen LogP contribution in [0.15, 0.2) is 15.6 Å². The fraction of sp³-hybridized carbons (Fsp3) is 0.727. The molecule has 2 amide bonds. The minimum absolute atomic E-state index is 0.0363. The zero-order valence-electron chi connectivity index (χ0n) is 19.5. The fourth-order valence-electron chi connectivity index (χ4n) is 5.73. The van der Waals surface area contributed by atoms with Gasteiger partial charge in [-0.2, -0.15) is 0 Å². The van der Waals surface area contributed by atoms with Crippen LogP contribution in [0.5, 0.6) is 0 Å². The summed E-state index contributed by atoms with van der Waals surface area (Å²) < 4.78 is 0. The molecule has 0 aliphatic carbocycles. The highest BCUT2D eigenvalue weighted by Crippen LogP contribution is 2.52. The normalized spacial score (nSPS) is 35.8. The standard InChI is InChI=1S/C22H33N5O5S/c1-10-17-16(11(2)28)21(30)27(17)18(22(31)32)19(10)33-14-7-15(25(4)9-14)20(29)26-6-5-13(8-26)24-12(3)23/h10-11,13-17,28H,5-9H2,1-4H3,(H2,23,24)(H,31,32)/t10?,11?,13?,14?,15?,16?,17-/m0/s1. The molecule has 0 radical (unpaired) electrons. The fourth-order valence-corrected chi connectivity index (χ4v) is 7.33. The number of amides is 2. The van der Waals surface area contributed by atoms with E-state index >= 15 is 0 Å². The number of carbonyl (C=O) groups excluding carboxylic acids is 2. The minimum atomic E-state index is -1.12. The Morgan fingerprint density at radius 2 is 2.00 bits per heavy atom. The molecule has 4 heterocycles. The van der Waals surface area contributed by atoms with Crippen molar-refractivity contribution in [3.8, 4) is 0 Å². The van der Waals surface area contributed by atoms with Gasteiger partial charge in [-0.05, 0) is 33.7 Å². The molecule has 4 rings (SSSR count). The summed E-state index contributed by atoms with van der Waals surface area (Å²) >= 11 is 1.47. The van der Waals surface area contributed by atoms with E-state index in [0.29, 0.717) is 36.8 Å². The molecule has 4 aliphatic rings. The van der Waals surface area contributed by atoms with Crippen molar-refractivity contribution in [2.24, 2.45) is 22.6 Å². The molecule has 7 atom stereocenters. The van der Waals surface area contributed by atoms with Crippen molar-refractivity contribution in [3.05, 3.63) is 10.6 Å². The van der Waals surface area contributed by atoms with Crippen LogP contribution in [-0.2, 0) is 14.4 Å². The number of β-lactam (4-membered cyclic amide) rings is 1. The van der Waals surface area contributed by atoms with Crippen LogP contribution >= 0.6 is 11.8 Å². The second-order valence-electron chi connectivity index (χ2n) is 9.70. The Hall–Kier alpha value is -2.11. The van der Waals surface area contributed by atoms with Crippen LogP contribution in [0.25, 0.3) is 0 Å². The lowest BCUT2D eigenvalue weighted by Crippen LogP contribution is -2.63. The predicted molar refractivity (Wildman–Crippen MR) is 124 cm³/mol. The number of carboxylic acids is 1. The first-order valence-electron chi connectivity index (χ1n) is 11.4. The van der Waals surface area contributed by atoms with Crippen LogP contribution in [0.1, 0.15) is 33.6 Å². The van der Waals surface area contributed by atoms with E-state index < -0.39 is 18.0 Å². The van der Waals surface area contributed by atoms with Crippen LogP contribution in [0.4, 0.5) is 0 Å². The van der Waals surface area contributed by atoms with Crippen LogP contribution in [-0.4, -0.2) is 105 Å². The number of hydrogen-bond donors (Lipinski definition) is 3. The number of aliphatic hydroxyl groups excluding tert-OH is 1. The Morgan fingerprint density at radius 3 is 2.61 bits per heavy atom. The van der Waals surface area contributed by atoms with Gasteiger partial charge >= 0.3 is 5.97 Å². The lowest BCUT2D eigenvalue weighted by atomic mass is 9.79. The van der Waals surface area contributed by atoms with E-state index in [4.69, 9.17) is 5.73 Å². The first kappa shape index (κ1) is 24.0. The molecule has 182 valence electrons. The summed E-state index contributed by atoms with van der Waals surface area (Å²) in [5, 5.41) is 19.9. The van der Waals surface area contributed by atoms with Crippen molar-refractivity contribution in [2.45, 2.75) is 63.1 Å². The van der Waals surface area contributed by atoms with Crippen LogP contribution < -0.4 is 5.73 Å². The number of aliphatic imine (C=N–C) groups is 1. The van der Waals surface area contributed by atoms with Gasteiger partial charge in [0, 0.05) is 35.7 Å². The van der Waals surface area contributed by atoms with Crippen molar-refractivity contribution in [2.75, 3.05) is 26.7 Å². The maximum atomic E-state index is 13.2. The number of likely N-dealkylation sites (tertiary alicyclic amines) is 2. The Bertz CT molecular complexity index is 917. The summed E-state index contributed by atoms with van der Waals surface area (Å²) in [4.78, 5) is 48.1. The third kappa shape index (κ3) is 4.15. The summed E-state index contributed by atoms with van der Waals surface area (Å²) in [6, 6.07) is -0.545. The van der Waals surface area contributed by atoms with E-state index in [1.807, 2.05) is 23.8 Å². The molecule has 4 aliphatic heterocycles. The third-order valence-electron chi connectivity index (χ3n) is 7.26. The molecule has 0 aromatic heterocycles. The molecule has 0 bridgehead atoms. The molecular formula is C22H33N5O5S. The monoisotopic (exact) mass is 479 g/mol. The number of likely N-dealkylation sites (N-methyl/N-ethyl adjacent to an activating group) is 1. The molecule has 33 heavy (non-hydrogen) atoms. The SMILES string of the molecule is CC(N)=NC1CCN(C(=O)C2CC(SC3=C(C(=O)O)N4C(=O)C(C(C)O)[C@@H]4C3C)CN2C)C1. The Morgan fingerprint density at radius 1 is 1.30 bits per heavy atom. The van der Waals surface area contributed by atoms with E-state index in [0.717, 1.165) is 6.42 Å². The third-order valence-corrected chi connectivity index (χ3v) is 8.75. The van der Waals surface area contributed by atoms with E-state index in [9.17, 15) is 24.6 Å². The largest absolute Gasteiger partial charge is 0.477 e. The first-order valence-corrected chi connectivity index (χ1v) is 12.3. The molecule has 11 heteroatoms. The van der Waals surface area contributed by atoms with Gasteiger partial charge in [0.15, 0.2) is 0 Å². The minimum Gasteiger partial charge on any atom is -0.477 e. The Labute approximate surface area is 197 Å². The first-order chi connectivity index (χ1) is 15.5. The number of nitrogens with zero attached hydrogens (tertiary/aromatic N) is 4. The lowest BCUT2D eigenvalue weighted by molar-refractivity contribution is -0.163. The summed E-state index contributed by atoms with van der Waals surface area (Å²) in [5.41, 5.74) is 5.72. The van der Waals surface area contributed by atoms with E-state index in [2.05, 4.69) is 4.99 Å². The lowest BCUT2D eigenvalue weighted by Gasteiger charge is -2.46.